The van der Waals surface area contributed by atoms with Crippen molar-refractivity contribution in [1.29, 1.82) is 0 Å². The van der Waals surface area contributed by atoms with E-state index in [9.17, 15) is 28.8 Å². The van der Waals surface area contributed by atoms with E-state index in [4.69, 9.17) is 9.47 Å². The van der Waals surface area contributed by atoms with Crippen LogP contribution >= 0.6 is 0 Å². The van der Waals surface area contributed by atoms with Crippen molar-refractivity contribution in [2.24, 2.45) is 10.8 Å². The van der Waals surface area contributed by atoms with Crippen molar-refractivity contribution < 1.29 is 38.2 Å². The van der Waals surface area contributed by atoms with Crippen LogP contribution in [0, 0.1) is 10.8 Å². The number of aryl methyl sites for hydroxylation is 2. The fourth-order valence-electron chi connectivity index (χ4n) is 10.0. The Morgan fingerprint density at radius 2 is 0.971 bits per heavy atom. The average molecular weight is 943 g/mol. The second-order valence-corrected chi connectivity index (χ2v) is 21.4. The van der Waals surface area contributed by atoms with E-state index in [0.717, 1.165) is 49.7 Å². The van der Waals surface area contributed by atoms with Crippen molar-refractivity contribution in [3.63, 3.8) is 0 Å². The third kappa shape index (κ3) is 12.6. The van der Waals surface area contributed by atoms with Crippen LogP contribution in [0.4, 0.5) is 0 Å². The minimum atomic E-state index is -0.914. The molecule has 16 nitrogen and oxygen atoms in total. The van der Waals surface area contributed by atoms with Gasteiger partial charge in [0.15, 0.2) is 0 Å². The van der Waals surface area contributed by atoms with Crippen LogP contribution in [0.5, 0.6) is 0 Å². The van der Waals surface area contributed by atoms with Crippen molar-refractivity contribution in [3.8, 4) is 0 Å². The van der Waals surface area contributed by atoms with E-state index in [0.29, 0.717) is 0 Å². The Bertz CT molecular complexity index is 1970. The Hall–Kier alpha value is -4.90. The van der Waals surface area contributed by atoms with Gasteiger partial charge in [-0.1, -0.05) is 90.1 Å². The summed E-state index contributed by atoms with van der Waals surface area (Å²) >= 11 is 0. The molecular weight excluding hydrogens is 865 g/mol. The van der Waals surface area contributed by atoms with Gasteiger partial charge in [-0.15, -0.1) is 0 Å². The number of nitrogens with one attached hydrogen (secondary N) is 6. The Kier molecular flexibility index (Phi) is 17.5. The molecule has 2 aromatic carbocycles. The number of nitrogens with zero attached hydrogens (tertiary/aromatic N) is 2. The Balaban J connectivity index is 1.16. The smallest absolute Gasteiger partial charge is 0.246 e. The van der Waals surface area contributed by atoms with Crippen LogP contribution in [0.3, 0.4) is 0 Å². The standard InChI is InChI=1S/C52H78N8O8/c1-31(53-9)45(61)57-43(51(3,4)5)49(65)59-29-35(27-41(59)47(63)55-39-23-15-19-33-17-11-13-21-37(33)39)67-25-26-68-36-28-42(48(64)56-40-24-16-20-34-18-12-14-22-38(34)40)60(30-36)50(66)44(52(6,7)8)58-46(62)32(2)54-10/h11-14,17-18,21-22,31-32,35-36,39-44,53-54H,15-16,19-20,23-30H2,1-10H3,(H,55,63)(H,56,64)(H,57,61)(H,58,62)/t31-,32-,35-,36-,39+,40?,41-,42-,43+,44+/m0/s1. The molecule has 2 aliphatic carbocycles. The molecule has 2 heterocycles. The second-order valence-electron chi connectivity index (χ2n) is 21.4. The average Bonchev–Trinajstić information content (AvgIpc) is 3.95. The molecule has 374 valence electrons. The van der Waals surface area contributed by atoms with Crippen LogP contribution in [0.25, 0.3) is 0 Å². The lowest BCUT2D eigenvalue weighted by Crippen LogP contribution is -2.59. The van der Waals surface area contributed by atoms with Gasteiger partial charge in [-0.2, -0.15) is 0 Å². The first-order valence-electron chi connectivity index (χ1n) is 24.8. The normalized spacial score (nSPS) is 24.4. The molecule has 2 aliphatic heterocycles. The second kappa shape index (κ2) is 22.7. The largest absolute Gasteiger partial charge is 0.374 e. The van der Waals surface area contributed by atoms with E-state index >= 15 is 0 Å². The lowest BCUT2D eigenvalue weighted by molar-refractivity contribution is -0.144. The zero-order chi connectivity index (χ0) is 49.5. The van der Waals surface area contributed by atoms with E-state index in [1.54, 1.807) is 37.7 Å². The van der Waals surface area contributed by atoms with Crippen LogP contribution in [-0.2, 0) is 51.1 Å². The van der Waals surface area contributed by atoms with Gasteiger partial charge in [0.1, 0.15) is 24.2 Å². The molecular formula is C52H78N8O8. The maximum absolute atomic E-state index is 14.6. The Labute approximate surface area is 403 Å². The van der Waals surface area contributed by atoms with E-state index in [1.165, 1.54) is 11.1 Å². The van der Waals surface area contributed by atoms with E-state index in [1.807, 2.05) is 77.9 Å². The number of likely N-dealkylation sites (N-methyl/N-ethyl adjacent to an activating group) is 2. The van der Waals surface area contributed by atoms with Crippen LogP contribution in [-0.4, -0.2) is 134 Å². The predicted octanol–water partition coefficient (Wildman–Crippen LogP) is 3.62. The quantitative estimate of drug-likeness (QED) is 0.127. The number of likely N-dealkylation sites (tertiary alicyclic amines) is 2. The number of rotatable bonds is 17. The van der Waals surface area contributed by atoms with Crippen LogP contribution < -0.4 is 31.9 Å². The monoisotopic (exact) mass is 943 g/mol. The zero-order valence-electron chi connectivity index (χ0n) is 42.0. The third-order valence-electron chi connectivity index (χ3n) is 14.3. The Morgan fingerprint density at radius 3 is 1.32 bits per heavy atom. The first-order valence-corrected chi connectivity index (χ1v) is 24.8. The molecule has 0 spiro atoms. The van der Waals surface area contributed by atoms with E-state index in [2.05, 4.69) is 44.0 Å². The molecule has 6 rings (SSSR count). The van der Waals surface area contributed by atoms with Crippen molar-refractivity contribution in [1.82, 2.24) is 41.7 Å². The molecule has 10 atom stereocenters. The van der Waals surface area contributed by atoms with Gasteiger partial charge in [-0.05, 0) is 99.6 Å². The van der Waals surface area contributed by atoms with Gasteiger partial charge in [0.25, 0.3) is 0 Å². The van der Waals surface area contributed by atoms with Gasteiger partial charge in [0.05, 0.1) is 49.6 Å². The van der Waals surface area contributed by atoms with Crippen molar-refractivity contribution >= 4 is 35.4 Å². The summed E-state index contributed by atoms with van der Waals surface area (Å²) in [7, 11) is 3.36. The summed E-state index contributed by atoms with van der Waals surface area (Å²) in [6.07, 6.45) is 4.77. The first-order chi connectivity index (χ1) is 32.2. The number of ether oxygens (including phenoxy) is 2. The number of carbonyl (C=O) groups excluding carboxylic acids is 6. The zero-order valence-corrected chi connectivity index (χ0v) is 42.0. The maximum Gasteiger partial charge on any atom is 0.246 e. The van der Waals surface area contributed by atoms with Gasteiger partial charge in [-0.3, -0.25) is 28.8 Å². The molecule has 1 unspecified atom stereocenters. The van der Waals surface area contributed by atoms with Gasteiger partial charge in [-0.25, -0.2) is 0 Å². The topological polar surface area (TPSA) is 200 Å². The SMILES string of the molecule is CN[C@@H](C)C(=O)N[C@H](C(=O)N1C[C@@H](OCCO[C@H]2C[C@@H](C(=O)N[C@@H]3CCCc4ccccc43)N(C(=O)[C@@H](NC(=O)[C@H](C)NC)C(C)(C)C)C2)C[C@H]1C(=O)NC1CCCc2ccccc21)C(C)(C)C. The van der Waals surface area contributed by atoms with E-state index in [-0.39, 0.29) is 86.7 Å². The van der Waals surface area contributed by atoms with Crippen molar-refractivity contribution in [3.05, 3.63) is 70.8 Å². The number of carbonyl (C=O) groups is 6. The fraction of sp³-hybridized carbons (Fsp3) is 0.654. The number of benzene rings is 2. The molecule has 0 radical (unpaired) electrons. The highest BCUT2D eigenvalue weighted by molar-refractivity contribution is 5.95. The number of amides is 6. The highest BCUT2D eigenvalue weighted by atomic mass is 16.5. The van der Waals surface area contributed by atoms with Crippen molar-refractivity contribution in [2.45, 2.75) is 167 Å². The molecule has 68 heavy (non-hydrogen) atoms. The summed E-state index contributed by atoms with van der Waals surface area (Å²) in [5.41, 5.74) is 3.23. The minimum absolute atomic E-state index is 0.124. The summed E-state index contributed by atoms with van der Waals surface area (Å²) in [6.45, 7) is 15.3. The molecule has 6 N–H and O–H groups in total. The molecule has 2 aromatic rings. The molecule has 16 heteroatoms. The molecule has 0 saturated carbocycles. The van der Waals surface area contributed by atoms with E-state index < -0.39 is 59.3 Å². The summed E-state index contributed by atoms with van der Waals surface area (Å²) < 4.78 is 12.8. The minimum Gasteiger partial charge on any atom is -0.374 e. The van der Waals surface area contributed by atoms with Crippen LogP contribution in [0.15, 0.2) is 48.5 Å². The first kappa shape index (κ1) is 52.5. The van der Waals surface area contributed by atoms with Gasteiger partial charge in [0.2, 0.25) is 35.4 Å². The van der Waals surface area contributed by atoms with Gasteiger partial charge in [0, 0.05) is 25.9 Å². The summed E-state index contributed by atoms with van der Waals surface area (Å²) in [6, 6.07) is 11.3. The molecule has 2 fully saturated rings. The predicted molar refractivity (Wildman–Crippen MR) is 260 cm³/mol. The van der Waals surface area contributed by atoms with Crippen LogP contribution in [0.1, 0.15) is 128 Å². The highest BCUT2D eigenvalue weighted by Gasteiger charge is 2.48. The summed E-state index contributed by atoms with van der Waals surface area (Å²) in [5.74, 6) is -1.90. The lowest BCUT2D eigenvalue weighted by Gasteiger charge is -2.36. The van der Waals surface area contributed by atoms with Gasteiger partial charge < -0.3 is 51.2 Å². The number of fused-ring (bicyclic) bond motifs is 2. The van der Waals surface area contributed by atoms with Crippen molar-refractivity contribution in [2.75, 3.05) is 40.4 Å². The molecule has 0 bridgehead atoms. The molecule has 2 saturated heterocycles. The lowest BCUT2D eigenvalue weighted by atomic mass is 9.85. The fourth-order valence-corrected chi connectivity index (χ4v) is 10.0. The third-order valence-corrected chi connectivity index (χ3v) is 14.3. The molecule has 0 aromatic heterocycles. The summed E-state index contributed by atoms with van der Waals surface area (Å²) in [4.78, 5) is 87.4. The maximum atomic E-state index is 14.6. The van der Waals surface area contributed by atoms with Gasteiger partial charge >= 0.3 is 0 Å². The molecule has 4 aliphatic rings. The number of hydrogen-bond donors (Lipinski definition) is 6. The number of hydrogen-bond acceptors (Lipinski definition) is 10. The summed E-state index contributed by atoms with van der Waals surface area (Å²) in [5, 5.41) is 18.3. The Morgan fingerprint density at radius 1 is 0.603 bits per heavy atom. The van der Waals surface area contributed by atoms with Crippen LogP contribution in [0.2, 0.25) is 0 Å². The molecule has 6 amide bonds. The highest BCUT2D eigenvalue weighted by Crippen LogP contribution is 2.34.